The summed E-state index contributed by atoms with van der Waals surface area (Å²) in [5.74, 6) is 0.0144. The second-order valence-electron chi connectivity index (χ2n) is 5.40. The SMILES string of the molecule is Cn1ncc2c1CCCC2NC(=O)CNc1ccccc1. The largest absolute Gasteiger partial charge is 0.376 e. The lowest BCUT2D eigenvalue weighted by molar-refractivity contribution is -0.120. The standard InChI is InChI=1S/C16H20N4O/c1-20-15-9-5-8-14(13(15)10-18-20)19-16(21)11-17-12-6-3-2-4-7-12/h2-4,6-7,10,14,17H,5,8-9,11H2,1H3,(H,19,21). The van der Waals surface area contributed by atoms with Gasteiger partial charge in [0.25, 0.3) is 0 Å². The summed E-state index contributed by atoms with van der Waals surface area (Å²) in [6.07, 6.45) is 4.99. The molecule has 1 unspecified atom stereocenters. The van der Waals surface area contributed by atoms with Crippen molar-refractivity contribution in [1.29, 1.82) is 0 Å². The Labute approximate surface area is 124 Å². The van der Waals surface area contributed by atoms with Crippen molar-refractivity contribution < 1.29 is 4.79 Å². The molecular weight excluding hydrogens is 264 g/mol. The Bertz CT molecular complexity index is 620. The molecular formula is C16H20N4O. The van der Waals surface area contributed by atoms with Crippen LogP contribution in [0.3, 0.4) is 0 Å². The lowest BCUT2D eigenvalue weighted by Gasteiger charge is -2.24. The molecule has 0 spiro atoms. The fraction of sp³-hybridized carbons (Fsp3) is 0.375. The molecule has 1 atom stereocenters. The third kappa shape index (κ3) is 3.07. The zero-order chi connectivity index (χ0) is 14.7. The van der Waals surface area contributed by atoms with E-state index in [4.69, 9.17) is 0 Å². The van der Waals surface area contributed by atoms with Gasteiger partial charge in [0.1, 0.15) is 0 Å². The first kappa shape index (κ1) is 13.7. The third-order valence-corrected chi connectivity index (χ3v) is 3.94. The number of hydrogen-bond acceptors (Lipinski definition) is 3. The summed E-state index contributed by atoms with van der Waals surface area (Å²) in [5, 5.41) is 10.5. The van der Waals surface area contributed by atoms with Gasteiger partial charge in [-0.1, -0.05) is 18.2 Å². The lowest BCUT2D eigenvalue weighted by atomic mass is 9.93. The number of aromatic nitrogens is 2. The van der Waals surface area contributed by atoms with Gasteiger partial charge in [0.05, 0.1) is 18.8 Å². The molecule has 0 saturated carbocycles. The molecule has 21 heavy (non-hydrogen) atoms. The number of aryl methyl sites for hydroxylation is 1. The van der Waals surface area contributed by atoms with Gasteiger partial charge in [0.15, 0.2) is 0 Å². The zero-order valence-corrected chi connectivity index (χ0v) is 12.2. The van der Waals surface area contributed by atoms with Gasteiger partial charge in [-0.3, -0.25) is 9.48 Å². The second kappa shape index (κ2) is 5.99. The summed E-state index contributed by atoms with van der Waals surface area (Å²) in [6, 6.07) is 9.84. The first-order valence-corrected chi connectivity index (χ1v) is 7.33. The van der Waals surface area contributed by atoms with Crippen molar-refractivity contribution in [2.75, 3.05) is 11.9 Å². The van der Waals surface area contributed by atoms with E-state index in [0.717, 1.165) is 30.5 Å². The normalized spacial score (nSPS) is 17.1. The number of anilines is 1. The predicted octanol–water partition coefficient (Wildman–Crippen LogP) is 2.03. The predicted molar refractivity (Wildman–Crippen MR) is 82.0 cm³/mol. The molecule has 1 aliphatic rings. The fourth-order valence-corrected chi connectivity index (χ4v) is 2.84. The van der Waals surface area contributed by atoms with Crippen LogP contribution in [0.2, 0.25) is 0 Å². The number of rotatable bonds is 4. The van der Waals surface area contributed by atoms with Crippen molar-refractivity contribution in [1.82, 2.24) is 15.1 Å². The molecule has 1 amide bonds. The van der Waals surface area contributed by atoms with Gasteiger partial charge in [0, 0.05) is 24.0 Å². The topological polar surface area (TPSA) is 59.0 Å². The van der Waals surface area contributed by atoms with E-state index in [1.807, 2.05) is 48.3 Å². The maximum atomic E-state index is 12.1. The van der Waals surface area contributed by atoms with E-state index < -0.39 is 0 Å². The smallest absolute Gasteiger partial charge is 0.239 e. The minimum absolute atomic E-state index is 0.0144. The van der Waals surface area contributed by atoms with Gasteiger partial charge >= 0.3 is 0 Å². The Morgan fingerprint density at radius 3 is 3.00 bits per heavy atom. The molecule has 5 nitrogen and oxygen atoms in total. The quantitative estimate of drug-likeness (QED) is 0.903. The molecule has 0 aliphatic heterocycles. The van der Waals surface area contributed by atoms with E-state index in [0.29, 0.717) is 0 Å². The van der Waals surface area contributed by atoms with E-state index in [1.54, 1.807) is 0 Å². The van der Waals surface area contributed by atoms with E-state index in [2.05, 4.69) is 15.7 Å². The number of fused-ring (bicyclic) bond motifs is 1. The lowest BCUT2D eigenvalue weighted by Crippen LogP contribution is -2.34. The van der Waals surface area contributed by atoms with Gasteiger partial charge in [-0.05, 0) is 31.4 Å². The fourth-order valence-electron chi connectivity index (χ4n) is 2.84. The molecule has 0 bridgehead atoms. The highest BCUT2D eigenvalue weighted by Crippen LogP contribution is 2.28. The molecule has 110 valence electrons. The molecule has 0 radical (unpaired) electrons. The summed E-state index contributed by atoms with van der Waals surface area (Å²) in [4.78, 5) is 12.1. The Morgan fingerprint density at radius 2 is 2.19 bits per heavy atom. The Hall–Kier alpha value is -2.30. The maximum Gasteiger partial charge on any atom is 0.239 e. The van der Waals surface area contributed by atoms with E-state index >= 15 is 0 Å². The number of carbonyl (C=O) groups is 1. The van der Waals surface area contributed by atoms with Crippen molar-refractivity contribution in [3.63, 3.8) is 0 Å². The molecule has 3 rings (SSSR count). The number of nitrogens with one attached hydrogen (secondary N) is 2. The molecule has 1 aliphatic carbocycles. The average Bonchev–Trinajstić information content (AvgIpc) is 2.89. The van der Waals surface area contributed by atoms with Gasteiger partial charge in [0.2, 0.25) is 5.91 Å². The first-order valence-electron chi connectivity index (χ1n) is 7.33. The average molecular weight is 284 g/mol. The number of nitrogens with zero attached hydrogens (tertiary/aromatic N) is 2. The highest BCUT2D eigenvalue weighted by Gasteiger charge is 2.24. The van der Waals surface area contributed by atoms with Crippen LogP contribution < -0.4 is 10.6 Å². The molecule has 0 fully saturated rings. The van der Waals surface area contributed by atoms with Crippen molar-refractivity contribution in [3.8, 4) is 0 Å². The van der Waals surface area contributed by atoms with Crippen LogP contribution in [-0.2, 0) is 18.3 Å². The van der Waals surface area contributed by atoms with Crippen LogP contribution >= 0.6 is 0 Å². The molecule has 2 N–H and O–H groups in total. The summed E-state index contributed by atoms with van der Waals surface area (Å²) in [6.45, 7) is 0.288. The molecule has 1 heterocycles. The molecule has 2 aromatic rings. The highest BCUT2D eigenvalue weighted by atomic mass is 16.2. The number of para-hydroxylation sites is 1. The Balaban J connectivity index is 1.58. The number of carbonyl (C=O) groups excluding carboxylic acids is 1. The van der Waals surface area contributed by atoms with Crippen LogP contribution in [0.25, 0.3) is 0 Å². The third-order valence-electron chi connectivity index (χ3n) is 3.94. The van der Waals surface area contributed by atoms with E-state index in [-0.39, 0.29) is 18.5 Å². The first-order chi connectivity index (χ1) is 10.2. The molecule has 1 aromatic carbocycles. The van der Waals surface area contributed by atoms with Crippen molar-refractivity contribution >= 4 is 11.6 Å². The van der Waals surface area contributed by atoms with Crippen LogP contribution in [0, 0.1) is 0 Å². The maximum absolute atomic E-state index is 12.1. The van der Waals surface area contributed by atoms with Gasteiger partial charge in [-0.15, -0.1) is 0 Å². The Kier molecular flexibility index (Phi) is 3.90. The molecule has 0 saturated heterocycles. The van der Waals surface area contributed by atoms with Crippen LogP contribution in [0.15, 0.2) is 36.5 Å². The van der Waals surface area contributed by atoms with Crippen molar-refractivity contribution in [3.05, 3.63) is 47.8 Å². The Morgan fingerprint density at radius 1 is 1.38 bits per heavy atom. The minimum atomic E-state index is 0.0144. The monoisotopic (exact) mass is 284 g/mol. The van der Waals surface area contributed by atoms with Crippen molar-refractivity contribution in [2.45, 2.75) is 25.3 Å². The van der Waals surface area contributed by atoms with Crippen LogP contribution in [0.1, 0.15) is 30.1 Å². The van der Waals surface area contributed by atoms with E-state index in [1.165, 1.54) is 5.69 Å². The number of amides is 1. The summed E-state index contributed by atoms with van der Waals surface area (Å²) in [5.41, 5.74) is 3.36. The molecule has 1 aromatic heterocycles. The minimum Gasteiger partial charge on any atom is -0.376 e. The number of hydrogen-bond donors (Lipinski definition) is 2. The van der Waals surface area contributed by atoms with E-state index in [9.17, 15) is 4.79 Å². The second-order valence-corrected chi connectivity index (χ2v) is 5.40. The van der Waals surface area contributed by atoms with Crippen molar-refractivity contribution in [2.24, 2.45) is 7.05 Å². The number of benzene rings is 1. The summed E-state index contributed by atoms with van der Waals surface area (Å²) < 4.78 is 1.91. The molecule has 5 heteroatoms. The van der Waals surface area contributed by atoms with Gasteiger partial charge in [-0.2, -0.15) is 5.10 Å². The van der Waals surface area contributed by atoms with Crippen LogP contribution in [0.5, 0.6) is 0 Å². The van der Waals surface area contributed by atoms with Gasteiger partial charge < -0.3 is 10.6 Å². The highest BCUT2D eigenvalue weighted by molar-refractivity contribution is 5.81. The summed E-state index contributed by atoms with van der Waals surface area (Å²) in [7, 11) is 1.96. The van der Waals surface area contributed by atoms with Crippen LogP contribution in [-0.4, -0.2) is 22.2 Å². The van der Waals surface area contributed by atoms with Gasteiger partial charge in [-0.25, -0.2) is 0 Å². The van der Waals surface area contributed by atoms with Crippen LogP contribution in [0.4, 0.5) is 5.69 Å². The summed E-state index contributed by atoms with van der Waals surface area (Å²) >= 11 is 0. The zero-order valence-electron chi connectivity index (χ0n) is 12.2.